The molecule has 10 nitrogen and oxygen atoms in total. The highest BCUT2D eigenvalue weighted by Gasteiger charge is 2.28. The van der Waals surface area contributed by atoms with Crippen molar-refractivity contribution >= 4 is 18.0 Å². The molecule has 3 rings (SSSR count). The van der Waals surface area contributed by atoms with Crippen LogP contribution in [-0.2, 0) is 27.1 Å². The molecule has 4 atom stereocenters. The van der Waals surface area contributed by atoms with E-state index in [1.54, 1.807) is 53.7 Å². The van der Waals surface area contributed by atoms with E-state index in [1.165, 1.54) is 6.42 Å². The average Bonchev–Trinajstić information content (AvgIpc) is 3.02. The normalized spacial score (nSPS) is 16.2. The fourth-order valence-electron chi connectivity index (χ4n) is 5.96. The Morgan fingerprint density at radius 2 is 1.18 bits per heavy atom. The molecule has 280 valence electrons. The topological polar surface area (TPSA) is 143 Å². The van der Waals surface area contributed by atoms with Crippen LogP contribution in [0.5, 0.6) is 5.75 Å². The lowest BCUT2D eigenvalue weighted by molar-refractivity contribution is -0.125. The molecular weight excluding hydrogens is 636 g/mol. The number of carbonyl (C=O) groups excluding carboxylic acids is 3. The predicted octanol–water partition coefficient (Wildman–Crippen LogP) is 7.31. The third-order valence-electron chi connectivity index (χ3n) is 8.45. The second-order valence-corrected chi connectivity index (χ2v) is 15.2. The number of hydrogen-bond acceptors (Lipinski definition) is 8. The standard InChI is InChI=1S/C39H58N2O8.CH4/c1-38(2,3)48-36(45)40-31(24-27-14-9-7-10-15-27)33(42)18-13-19-34(43)32(41-37(46)49-39(4,5)6)25-28-20-22-30(23-21-28)47-26-35(44)29-16-11-8-12-17-29;/h7,9-10,14-15,20-23,29,31-34,42-43H,8,11-13,16-19,24-26H2,1-6H3,(H,40,45)(H,41,46);1H4. The maximum Gasteiger partial charge on any atom is 0.407 e. The minimum atomic E-state index is -0.949. The van der Waals surface area contributed by atoms with Gasteiger partial charge in [-0.1, -0.05) is 69.2 Å². The van der Waals surface area contributed by atoms with Crippen LogP contribution < -0.4 is 15.4 Å². The summed E-state index contributed by atoms with van der Waals surface area (Å²) in [6, 6.07) is 15.6. The Morgan fingerprint density at radius 1 is 0.720 bits per heavy atom. The SMILES string of the molecule is C.CC(C)(C)OC(=O)NC(Cc1ccccc1)C(O)CCCC(O)C(Cc1ccc(OCC(=O)C2CCCCC2)cc1)NC(=O)OC(C)(C)C. The van der Waals surface area contributed by atoms with Crippen molar-refractivity contribution in [3.8, 4) is 5.75 Å². The van der Waals surface area contributed by atoms with Gasteiger partial charge in [-0.25, -0.2) is 9.59 Å². The van der Waals surface area contributed by atoms with Gasteiger partial charge in [0, 0.05) is 5.92 Å². The quantitative estimate of drug-likeness (QED) is 0.143. The maximum atomic E-state index is 12.8. The molecule has 50 heavy (non-hydrogen) atoms. The molecule has 2 aromatic rings. The number of amides is 2. The largest absolute Gasteiger partial charge is 0.486 e. The van der Waals surface area contributed by atoms with Crippen LogP contribution in [0.4, 0.5) is 9.59 Å². The van der Waals surface area contributed by atoms with Crippen molar-refractivity contribution in [2.75, 3.05) is 6.61 Å². The molecule has 4 N–H and O–H groups in total. The molecule has 4 unspecified atom stereocenters. The van der Waals surface area contributed by atoms with Crippen molar-refractivity contribution in [3.63, 3.8) is 0 Å². The Balaban J connectivity index is 0.00000867. The summed E-state index contributed by atoms with van der Waals surface area (Å²) in [5.74, 6) is 0.820. The molecule has 0 saturated heterocycles. The van der Waals surface area contributed by atoms with Gasteiger partial charge < -0.3 is 35.1 Å². The van der Waals surface area contributed by atoms with Crippen LogP contribution in [0.2, 0.25) is 0 Å². The summed E-state index contributed by atoms with van der Waals surface area (Å²) in [7, 11) is 0. The van der Waals surface area contributed by atoms with Crippen molar-refractivity contribution in [2.24, 2.45) is 5.92 Å². The van der Waals surface area contributed by atoms with Gasteiger partial charge in [-0.2, -0.15) is 0 Å². The lowest BCUT2D eigenvalue weighted by Gasteiger charge is -2.28. The van der Waals surface area contributed by atoms with E-state index in [4.69, 9.17) is 14.2 Å². The van der Waals surface area contributed by atoms with Crippen molar-refractivity contribution < 1.29 is 38.8 Å². The van der Waals surface area contributed by atoms with Gasteiger partial charge in [0.1, 0.15) is 23.6 Å². The highest BCUT2D eigenvalue weighted by Crippen LogP contribution is 2.25. The molecule has 1 fully saturated rings. The third-order valence-corrected chi connectivity index (χ3v) is 8.45. The van der Waals surface area contributed by atoms with Crippen molar-refractivity contribution in [1.29, 1.82) is 0 Å². The van der Waals surface area contributed by atoms with E-state index >= 15 is 0 Å². The van der Waals surface area contributed by atoms with Gasteiger partial charge in [0.2, 0.25) is 0 Å². The zero-order valence-electron chi connectivity index (χ0n) is 30.2. The lowest BCUT2D eigenvalue weighted by Crippen LogP contribution is -2.47. The van der Waals surface area contributed by atoms with Crippen molar-refractivity contribution in [3.05, 3.63) is 65.7 Å². The zero-order chi connectivity index (χ0) is 36.0. The molecule has 2 amide bonds. The number of aliphatic hydroxyl groups is 2. The van der Waals surface area contributed by atoms with Gasteiger partial charge in [-0.15, -0.1) is 0 Å². The van der Waals surface area contributed by atoms with Crippen LogP contribution in [-0.4, -0.2) is 70.3 Å². The number of ketones is 1. The Labute approximate surface area is 299 Å². The first-order chi connectivity index (χ1) is 23.1. The number of nitrogens with one attached hydrogen (secondary N) is 2. The van der Waals surface area contributed by atoms with Gasteiger partial charge in [0.25, 0.3) is 0 Å². The Morgan fingerprint density at radius 3 is 1.64 bits per heavy atom. The molecule has 1 aliphatic carbocycles. The fourth-order valence-corrected chi connectivity index (χ4v) is 5.96. The average molecular weight is 699 g/mol. The maximum absolute atomic E-state index is 12.8. The highest BCUT2D eigenvalue weighted by molar-refractivity contribution is 5.82. The monoisotopic (exact) mass is 698 g/mol. The number of rotatable bonds is 16. The molecule has 1 aliphatic rings. The number of hydrogen-bond donors (Lipinski definition) is 4. The summed E-state index contributed by atoms with van der Waals surface area (Å²) in [5.41, 5.74) is 0.410. The van der Waals surface area contributed by atoms with Crippen LogP contribution in [0.1, 0.15) is 111 Å². The molecule has 0 bridgehead atoms. The number of aliphatic hydroxyl groups excluding tert-OH is 2. The van der Waals surface area contributed by atoms with Gasteiger partial charge >= 0.3 is 12.2 Å². The first kappa shape index (κ1) is 42.5. The van der Waals surface area contributed by atoms with E-state index in [-0.39, 0.29) is 32.2 Å². The van der Waals surface area contributed by atoms with Crippen molar-refractivity contribution in [2.45, 2.75) is 149 Å². The summed E-state index contributed by atoms with van der Waals surface area (Å²) in [4.78, 5) is 37.9. The minimum Gasteiger partial charge on any atom is -0.486 e. The molecule has 0 spiro atoms. The van der Waals surface area contributed by atoms with E-state index in [9.17, 15) is 24.6 Å². The summed E-state index contributed by atoms with van der Waals surface area (Å²) in [6.07, 6.45) is 3.88. The first-order valence-corrected chi connectivity index (χ1v) is 17.7. The van der Waals surface area contributed by atoms with Crippen LogP contribution in [0.3, 0.4) is 0 Å². The van der Waals surface area contributed by atoms with E-state index in [0.29, 0.717) is 31.4 Å². The number of ether oxygens (including phenoxy) is 3. The Kier molecular flexibility index (Phi) is 17.3. The molecular formula is C40H62N2O8. The van der Waals surface area contributed by atoms with E-state index in [2.05, 4.69) is 10.6 Å². The molecule has 0 aliphatic heterocycles. The lowest BCUT2D eigenvalue weighted by atomic mass is 9.86. The number of benzene rings is 2. The zero-order valence-corrected chi connectivity index (χ0v) is 30.2. The number of carbonyl (C=O) groups is 3. The molecule has 0 heterocycles. The van der Waals surface area contributed by atoms with Crippen LogP contribution in [0, 0.1) is 5.92 Å². The fraction of sp³-hybridized carbons (Fsp3) is 0.625. The predicted molar refractivity (Wildman–Crippen MR) is 196 cm³/mol. The van der Waals surface area contributed by atoms with Crippen LogP contribution >= 0.6 is 0 Å². The second-order valence-electron chi connectivity index (χ2n) is 15.2. The second kappa shape index (κ2) is 20.3. The van der Waals surface area contributed by atoms with Gasteiger partial charge in [-0.3, -0.25) is 4.79 Å². The highest BCUT2D eigenvalue weighted by atomic mass is 16.6. The smallest absolute Gasteiger partial charge is 0.407 e. The summed E-state index contributed by atoms with van der Waals surface area (Å²) < 4.78 is 16.7. The van der Waals surface area contributed by atoms with Gasteiger partial charge in [0.15, 0.2) is 5.78 Å². The van der Waals surface area contributed by atoms with E-state index in [0.717, 1.165) is 36.8 Å². The van der Waals surface area contributed by atoms with E-state index < -0.39 is 47.7 Å². The molecule has 0 radical (unpaired) electrons. The molecule has 1 saturated carbocycles. The number of Topliss-reactive ketones (excluding diaryl/α,β-unsaturated/α-hetero) is 1. The van der Waals surface area contributed by atoms with E-state index in [1.807, 2.05) is 42.5 Å². The summed E-state index contributed by atoms with van der Waals surface area (Å²) in [5, 5.41) is 28.1. The Hall–Kier alpha value is -3.63. The Bertz CT molecular complexity index is 1300. The number of alkyl carbamates (subject to hydrolysis) is 2. The van der Waals surface area contributed by atoms with Crippen LogP contribution in [0.15, 0.2) is 54.6 Å². The first-order valence-electron chi connectivity index (χ1n) is 17.7. The molecule has 2 aromatic carbocycles. The van der Waals surface area contributed by atoms with Gasteiger partial charge in [-0.05, 0) is 110 Å². The minimum absolute atomic E-state index is 0. The molecule has 10 heteroatoms. The van der Waals surface area contributed by atoms with Gasteiger partial charge in [0.05, 0.1) is 24.3 Å². The summed E-state index contributed by atoms with van der Waals surface area (Å²) in [6.45, 7) is 10.7. The summed E-state index contributed by atoms with van der Waals surface area (Å²) >= 11 is 0. The molecule has 0 aromatic heterocycles. The third kappa shape index (κ3) is 16.4. The van der Waals surface area contributed by atoms with Crippen molar-refractivity contribution in [1.82, 2.24) is 10.6 Å². The van der Waals surface area contributed by atoms with Crippen LogP contribution in [0.25, 0.3) is 0 Å².